The van der Waals surface area contributed by atoms with Crippen molar-refractivity contribution < 1.29 is 19.4 Å². The van der Waals surface area contributed by atoms with E-state index in [2.05, 4.69) is 5.32 Å². The molecule has 110 valence electrons. The van der Waals surface area contributed by atoms with Gasteiger partial charge in [0.15, 0.2) is 0 Å². The lowest BCUT2D eigenvalue weighted by atomic mass is 9.96. The third-order valence-electron chi connectivity index (χ3n) is 3.71. The monoisotopic (exact) mass is 271 g/mol. The van der Waals surface area contributed by atoms with Crippen LogP contribution in [0.15, 0.2) is 0 Å². The molecule has 2 N–H and O–H groups in total. The number of aliphatic carboxylic acids is 1. The van der Waals surface area contributed by atoms with Gasteiger partial charge in [-0.15, -0.1) is 0 Å². The van der Waals surface area contributed by atoms with Crippen LogP contribution in [0.1, 0.15) is 51.4 Å². The van der Waals surface area contributed by atoms with E-state index in [9.17, 15) is 9.59 Å². The standard InChI is InChI=1S/C14H25NO4/c1-19-12(9-14(17)18)10-15-13(16)8-11-6-4-2-3-5-7-11/h11-12H,2-10H2,1H3,(H,15,16)(H,17,18). The number of carboxylic acid groups (broad SMARTS) is 1. The van der Waals surface area contributed by atoms with Gasteiger partial charge in [-0.05, 0) is 18.8 Å². The second-order valence-electron chi connectivity index (χ2n) is 5.32. The Kier molecular flexibility index (Phi) is 7.48. The number of rotatable bonds is 7. The smallest absolute Gasteiger partial charge is 0.306 e. The van der Waals surface area contributed by atoms with E-state index < -0.39 is 12.1 Å². The molecule has 1 rings (SSSR count). The van der Waals surface area contributed by atoms with Gasteiger partial charge in [0.25, 0.3) is 0 Å². The molecule has 5 nitrogen and oxygen atoms in total. The third kappa shape index (κ3) is 7.15. The first kappa shape index (κ1) is 16.0. The normalized spacial score (nSPS) is 18.6. The van der Waals surface area contributed by atoms with Gasteiger partial charge in [0.1, 0.15) is 0 Å². The quantitative estimate of drug-likeness (QED) is 0.694. The van der Waals surface area contributed by atoms with Crippen LogP contribution >= 0.6 is 0 Å². The van der Waals surface area contributed by atoms with E-state index >= 15 is 0 Å². The van der Waals surface area contributed by atoms with Crippen LogP contribution in [0.5, 0.6) is 0 Å². The van der Waals surface area contributed by atoms with Crippen LogP contribution < -0.4 is 5.32 Å². The van der Waals surface area contributed by atoms with Crippen molar-refractivity contribution >= 4 is 11.9 Å². The Morgan fingerprint density at radius 1 is 1.26 bits per heavy atom. The van der Waals surface area contributed by atoms with Gasteiger partial charge >= 0.3 is 5.97 Å². The molecule has 0 bridgehead atoms. The minimum atomic E-state index is -0.912. The molecule has 5 heteroatoms. The largest absolute Gasteiger partial charge is 0.481 e. The molecule has 19 heavy (non-hydrogen) atoms. The van der Waals surface area contributed by atoms with Gasteiger partial charge in [0.05, 0.1) is 12.5 Å². The summed E-state index contributed by atoms with van der Waals surface area (Å²) in [6.07, 6.45) is 7.30. The Morgan fingerprint density at radius 3 is 2.42 bits per heavy atom. The van der Waals surface area contributed by atoms with E-state index in [1.54, 1.807) is 0 Å². The fourth-order valence-electron chi connectivity index (χ4n) is 2.56. The number of amides is 1. The van der Waals surface area contributed by atoms with Crippen LogP contribution in [0.4, 0.5) is 0 Å². The zero-order chi connectivity index (χ0) is 14.1. The molecular formula is C14H25NO4. The fraction of sp³-hybridized carbons (Fsp3) is 0.857. The highest BCUT2D eigenvalue weighted by Gasteiger charge is 2.18. The molecule has 1 fully saturated rings. The summed E-state index contributed by atoms with van der Waals surface area (Å²) in [5, 5.41) is 11.5. The fourth-order valence-corrected chi connectivity index (χ4v) is 2.56. The molecule has 1 unspecified atom stereocenters. The first-order valence-electron chi connectivity index (χ1n) is 7.13. The van der Waals surface area contributed by atoms with Crippen LogP contribution in [0.3, 0.4) is 0 Å². The lowest BCUT2D eigenvalue weighted by Crippen LogP contribution is -2.35. The van der Waals surface area contributed by atoms with Crippen molar-refractivity contribution in [2.45, 2.75) is 57.5 Å². The molecule has 1 aliphatic rings. The number of ether oxygens (including phenoxy) is 1. The van der Waals surface area contributed by atoms with Gasteiger partial charge in [0.2, 0.25) is 5.91 Å². The summed E-state index contributed by atoms with van der Waals surface area (Å²) in [4.78, 5) is 22.4. The number of nitrogens with one attached hydrogen (secondary N) is 1. The highest BCUT2D eigenvalue weighted by atomic mass is 16.5. The van der Waals surface area contributed by atoms with Crippen LogP contribution in [-0.4, -0.2) is 36.7 Å². The van der Waals surface area contributed by atoms with Gasteiger partial charge in [0, 0.05) is 20.1 Å². The van der Waals surface area contributed by atoms with Crippen molar-refractivity contribution in [2.75, 3.05) is 13.7 Å². The lowest BCUT2D eigenvalue weighted by Gasteiger charge is -2.16. The first-order chi connectivity index (χ1) is 9.11. The number of methoxy groups -OCH3 is 1. The van der Waals surface area contributed by atoms with Crippen molar-refractivity contribution in [3.05, 3.63) is 0 Å². The van der Waals surface area contributed by atoms with Crippen molar-refractivity contribution in [1.29, 1.82) is 0 Å². The van der Waals surface area contributed by atoms with Gasteiger partial charge in [-0.1, -0.05) is 25.7 Å². The molecular weight excluding hydrogens is 246 g/mol. The summed E-state index contributed by atoms with van der Waals surface area (Å²) >= 11 is 0. The Labute approximate surface area is 114 Å². The topological polar surface area (TPSA) is 75.6 Å². The summed E-state index contributed by atoms with van der Waals surface area (Å²) < 4.78 is 5.03. The summed E-state index contributed by atoms with van der Waals surface area (Å²) in [5.41, 5.74) is 0. The molecule has 1 saturated carbocycles. The summed E-state index contributed by atoms with van der Waals surface area (Å²) in [5.74, 6) is -0.410. The maximum atomic E-state index is 11.8. The van der Waals surface area contributed by atoms with Gasteiger partial charge in [-0.3, -0.25) is 9.59 Å². The van der Waals surface area contributed by atoms with E-state index in [0.29, 0.717) is 12.3 Å². The minimum absolute atomic E-state index is 0.0133. The highest BCUT2D eigenvalue weighted by molar-refractivity contribution is 5.76. The third-order valence-corrected chi connectivity index (χ3v) is 3.71. The molecule has 0 aromatic carbocycles. The molecule has 1 atom stereocenters. The van der Waals surface area contributed by atoms with Gasteiger partial charge < -0.3 is 15.2 Å². The molecule has 1 amide bonds. The molecule has 0 spiro atoms. The zero-order valence-electron chi connectivity index (χ0n) is 11.7. The Bertz CT molecular complexity index is 285. The van der Waals surface area contributed by atoms with Crippen LogP contribution in [0.25, 0.3) is 0 Å². The molecule has 0 saturated heterocycles. The van der Waals surface area contributed by atoms with E-state index in [1.807, 2.05) is 0 Å². The predicted molar refractivity (Wildman–Crippen MR) is 71.9 cm³/mol. The molecule has 0 aromatic heterocycles. The number of carboxylic acids is 1. The second-order valence-corrected chi connectivity index (χ2v) is 5.32. The Hall–Kier alpha value is -1.10. The van der Waals surface area contributed by atoms with Crippen molar-refractivity contribution in [2.24, 2.45) is 5.92 Å². The summed E-state index contributed by atoms with van der Waals surface area (Å²) in [6, 6.07) is 0. The zero-order valence-corrected chi connectivity index (χ0v) is 11.7. The SMILES string of the molecule is COC(CNC(=O)CC1CCCCCC1)CC(=O)O. The van der Waals surface area contributed by atoms with E-state index in [4.69, 9.17) is 9.84 Å². The van der Waals surface area contributed by atoms with Crippen LogP contribution in [0, 0.1) is 5.92 Å². The predicted octanol–water partition coefficient (Wildman–Crippen LogP) is 1.95. The first-order valence-corrected chi connectivity index (χ1v) is 7.13. The number of hydrogen-bond acceptors (Lipinski definition) is 3. The van der Waals surface area contributed by atoms with E-state index in [-0.39, 0.29) is 18.9 Å². The molecule has 1 aliphatic carbocycles. The van der Waals surface area contributed by atoms with Gasteiger partial charge in [-0.2, -0.15) is 0 Å². The average molecular weight is 271 g/mol. The Balaban J connectivity index is 2.23. The molecule has 0 heterocycles. The number of hydrogen-bond donors (Lipinski definition) is 2. The second kappa shape index (κ2) is 8.91. The van der Waals surface area contributed by atoms with Crippen LogP contribution in [0.2, 0.25) is 0 Å². The molecule has 0 aliphatic heterocycles. The number of carbonyl (C=O) groups excluding carboxylic acids is 1. The van der Waals surface area contributed by atoms with Crippen molar-refractivity contribution in [1.82, 2.24) is 5.32 Å². The van der Waals surface area contributed by atoms with Crippen molar-refractivity contribution in [3.8, 4) is 0 Å². The molecule has 0 radical (unpaired) electrons. The summed E-state index contributed by atoms with van der Waals surface area (Å²) in [7, 11) is 1.46. The maximum Gasteiger partial charge on any atom is 0.306 e. The average Bonchev–Trinajstić information content (AvgIpc) is 2.62. The van der Waals surface area contributed by atoms with Crippen LogP contribution in [-0.2, 0) is 14.3 Å². The van der Waals surface area contributed by atoms with Crippen molar-refractivity contribution in [3.63, 3.8) is 0 Å². The van der Waals surface area contributed by atoms with E-state index in [1.165, 1.54) is 32.8 Å². The lowest BCUT2D eigenvalue weighted by molar-refractivity contribution is -0.140. The summed E-state index contributed by atoms with van der Waals surface area (Å²) in [6.45, 7) is 0.272. The number of carbonyl (C=O) groups is 2. The maximum absolute atomic E-state index is 11.8. The Morgan fingerprint density at radius 2 is 1.89 bits per heavy atom. The van der Waals surface area contributed by atoms with Gasteiger partial charge in [-0.25, -0.2) is 0 Å². The highest BCUT2D eigenvalue weighted by Crippen LogP contribution is 2.25. The molecule has 0 aromatic rings. The van der Waals surface area contributed by atoms with E-state index in [0.717, 1.165) is 12.8 Å². The minimum Gasteiger partial charge on any atom is -0.481 e.